The summed E-state index contributed by atoms with van der Waals surface area (Å²) in [5, 5.41) is 0. The minimum absolute atomic E-state index is 0.270. The average Bonchev–Trinajstić information content (AvgIpc) is 2.79. The number of hydrogen-bond donors (Lipinski definition) is 1. The van der Waals surface area contributed by atoms with Gasteiger partial charge in [-0.25, -0.2) is 4.39 Å². The predicted molar refractivity (Wildman–Crippen MR) is 52.0 cm³/mol. The molecule has 0 aromatic rings. The lowest BCUT2D eigenvalue weighted by Crippen LogP contribution is -2.31. The molecule has 4 heteroatoms. The lowest BCUT2D eigenvalue weighted by molar-refractivity contribution is 0.245. The van der Waals surface area contributed by atoms with E-state index >= 15 is 0 Å². The normalized spacial score (nSPS) is 16.8. The van der Waals surface area contributed by atoms with Crippen LogP contribution in [-0.2, 0) is 0 Å². The van der Waals surface area contributed by atoms with Gasteiger partial charge in [-0.3, -0.25) is 4.90 Å². The summed E-state index contributed by atoms with van der Waals surface area (Å²) in [6.45, 7) is 1.09. The Labute approximate surface area is 77.9 Å². The van der Waals surface area contributed by atoms with Gasteiger partial charge in [-0.1, -0.05) is 12.2 Å². The second-order valence-corrected chi connectivity index (χ2v) is 3.70. The van der Waals surface area contributed by atoms with Crippen LogP contribution in [0.15, 0.2) is 0 Å². The van der Waals surface area contributed by atoms with Gasteiger partial charge in [0.2, 0.25) is 0 Å². The van der Waals surface area contributed by atoms with Crippen molar-refractivity contribution in [2.45, 2.75) is 25.3 Å². The van der Waals surface area contributed by atoms with E-state index in [0.29, 0.717) is 24.0 Å². The smallest absolute Gasteiger partial charge is 0.102 e. The Kier molecular flexibility index (Phi) is 3.88. The Bertz CT molecular complexity index is 159. The van der Waals surface area contributed by atoms with Crippen LogP contribution >= 0.6 is 12.2 Å². The van der Waals surface area contributed by atoms with Crippen LogP contribution < -0.4 is 5.73 Å². The zero-order valence-corrected chi connectivity index (χ0v) is 7.95. The van der Waals surface area contributed by atoms with E-state index in [2.05, 4.69) is 4.90 Å². The molecule has 0 amide bonds. The number of alkyl halides is 1. The number of halogens is 1. The zero-order chi connectivity index (χ0) is 8.97. The summed E-state index contributed by atoms with van der Waals surface area (Å²) >= 11 is 4.76. The Morgan fingerprint density at radius 3 is 2.58 bits per heavy atom. The van der Waals surface area contributed by atoms with E-state index in [0.717, 1.165) is 6.54 Å². The van der Waals surface area contributed by atoms with Gasteiger partial charge in [0.1, 0.15) is 6.67 Å². The van der Waals surface area contributed by atoms with Crippen molar-refractivity contribution in [3.05, 3.63) is 0 Å². The molecule has 1 saturated carbocycles. The minimum Gasteiger partial charge on any atom is -0.393 e. The number of rotatable bonds is 6. The van der Waals surface area contributed by atoms with Gasteiger partial charge in [0.15, 0.2) is 0 Å². The molecule has 0 bridgehead atoms. The summed E-state index contributed by atoms with van der Waals surface area (Å²) in [5.74, 6) is 0. The first-order chi connectivity index (χ1) is 5.74. The van der Waals surface area contributed by atoms with Crippen LogP contribution in [0.1, 0.15) is 19.3 Å². The predicted octanol–water partition coefficient (Wildman–Crippen LogP) is 1.10. The van der Waals surface area contributed by atoms with Crippen LogP contribution in [0.5, 0.6) is 0 Å². The van der Waals surface area contributed by atoms with E-state index in [-0.39, 0.29) is 6.67 Å². The van der Waals surface area contributed by atoms with Gasteiger partial charge in [0, 0.05) is 25.6 Å². The van der Waals surface area contributed by atoms with E-state index in [4.69, 9.17) is 18.0 Å². The molecular weight excluding hydrogens is 175 g/mol. The van der Waals surface area contributed by atoms with E-state index < -0.39 is 0 Å². The average molecular weight is 190 g/mol. The summed E-state index contributed by atoms with van der Waals surface area (Å²) in [4.78, 5) is 2.67. The minimum atomic E-state index is -0.270. The number of thiocarbonyl (C=S) groups is 1. The van der Waals surface area contributed by atoms with Crippen molar-refractivity contribution in [3.63, 3.8) is 0 Å². The van der Waals surface area contributed by atoms with Gasteiger partial charge in [-0.15, -0.1) is 0 Å². The van der Waals surface area contributed by atoms with E-state index in [1.54, 1.807) is 0 Å². The Morgan fingerprint density at radius 1 is 1.50 bits per heavy atom. The molecule has 0 heterocycles. The Balaban J connectivity index is 2.18. The Hall–Kier alpha value is -0.220. The first-order valence-electron chi connectivity index (χ1n) is 4.32. The van der Waals surface area contributed by atoms with Gasteiger partial charge in [0.05, 0.1) is 4.99 Å². The summed E-state index contributed by atoms with van der Waals surface area (Å²) in [6.07, 6.45) is 3.13. The molecule has 1 rings (SSSR count). The SMILES string of the molecule is NC(=S)CCN(CCF)C1CC1. The molecule has 0 saturated heterocycles. The molecule has 1 aliphatic rings. The lowest BCUT2D eigenvalue weighted by Gasteiger charge is -2.19. The maximum atomic E-state index is 12.1. The quantitative estimate of drug-likeness (QED) is 0.636. The molecule has 1 aliphatic carbocycles. The van der Waals surface area contributed by atoms with E-state index in [1.807, 2.05) is 0 Å². The summed E-state index contributed by atoms with van der Waals surface area (Å²) in [7, 11) is 0. The van der Waals surface area contributed by atoms with Crippen LogP contribution in [0.3, 0.4) is 0 Å². The largest absolute Gasteiger partial charge is 0.393 e. The maximum Gasteiger partial charge on any atom is 0.102 e. The van der Waals surface area contributed by atoms with E-state index in [1.165, 1.54) is 12.8 Å². The molecule has 0 aliphatic heterocycles. The summed E-state index contributed by atoms with van der Waals surface area (Å²) in [6, 6.07) is 0.607. The molecule has 1 fully saturated rings. The van der Waals surface area contributed by atoms with Gasteiger partial charge in [-0.05, 0) is 12.8 Å². The third-order valence-electron chi connectivity index (χ3n) is 2.08. The van der Waals surface area contributed by atoms with Gasteiger partial charge < -0.3 is 5.73 Å². The molecule has 0 aromatic carbocycles. The first kappa shape index (κ1) is 9.86. The monoisotopic (exact) mass is 190 g/mol. The molecule has 2 nitrogen and oxygen atoms in total. The van der Waals surface area contributed by atoms with Crippen LogP contribution in [0.25, 0.3) is 0 Å². The second kappa shape index (κ2) is 4.72. The van der Waals surface area contributed by atoms with Gasteiger partial charge >= 0.3 is 0 Å². The summed E-state index contributed by atoms with van der Waals surface area (Å²) in [5.41, 5.74) is 5.37. The maximum absolute atomic E-state index is 12.1. The lowest BCUT2D eigenvalue weighted by atomic mass is 10.3. The second-order valence-electron chi connectivity index (χ2n) is 3.17. The van der Waals surface area contributed by atoms with Crippen molar-refractivity contribution < 1.29 is 4.39 Å². The van der Waals surface area contributed by atoms with Crippen LogP contribution in [0.2, 0.25) is 0 Å². The van der Waals surface area contributed by atoms with Crippen LogP contribution in [0, 0.1) is 0 Å². The van der Waals surface area contributed by atoms with E-state index in [9.17, 15) is 4.39 Å². The van der Waals surface area contributed by atoms with Crippen molar-refractivity contribution in [2.24, 2.45) is 5.73 Å². The topological polar surface area (TPSA) is 29.3 Å². The molecule has 0 atom stereocenters. The fourth-order valence-electron chi connectivity index (χ4n) is 1.28. The van der Waals surface area contributed by atoms with Gasteiger partial charge in [0.25, 0.3) is 0 Å². The van der Waals surface area contributed by atoms with Crippen LogP contribution in [-0.4, -0.2) is 35.7 Å². The van der Waals surface area contributed by atoms with Crippen LogP contribution in [0.4, 0.5) is 4.39 Å². The molecular formula is C8H15FN2S. The third-order valence-corrected chi connectivity index (χ3v) is 2.28. The molecule has 2 N–H and O–H groups in total. The number of nitrogens with zero attached hydrogens (tertiary/aromatic N) is 1. The highest BCUT2D eigenvalue weighted by Crippen LogP contribution is 2.26. The summed E-state index contributed by atoms with van der Waals surface area (Å²) < 4.78 is 12.1. The fourth-order valence-corrected chi connectivity index (χ4v) is 1.37. The highest BCUT2D eigenvalue weighted by Gasteiger charge is 2.28. The standard InChI is InChI=1S/C8H15FN2S/c9-4-6-11(7-1-2-7)5-3-8(10)12/h7H,1-6H2,(H2,10,12). The highest BCUT2D eigenvalue weighted by atomic mass is 32.1. The number of hydrogen-bond acceptors (Lipinski definition) is 2. The fraction of sp³-hybridized carbons (Fsp3) is 0.875. The highest BCUT2D eigenvalue weighted by molar-refractivity contribution is 7.80. The van der Waals surface area contributed by atoms with Crippen molar-refractivity contribution >= 4 is 17.2 Å². The van der Waals surface area contributed by atoms with Crippen molar-refractivity contribution in [1.29, 1.82) is 0 Å². The van der Waals surface area contributed by atoms with Crippen molar-refractivity contribution in [3.8, 4) is 0 Å². The Morgan fingerprint density at radius 2 is 2.17 bits per heavy atom. The molecule has 0 spiro atoms. The van der Waals surface area contributed by atoms with Gasteiger partial charge in [-0.2, -0.15) is 0 Å². The molecule has 0 aromatic heterocycles. The molecule has 70 valence electrons. The molecule has 0 unspecified atom stereocenters. The number of nitrogens with two attached hydrogens (primary N) is 1. The molecule has 12 heavy (non-hydrogen) atoms. The first-order valence-corrected chi connectivity index (χ1v) is 4.73. The zero-order valence-electron chi connectivity index (χ0n) is 7.13. The van der Waals surface area contributed by atoms with Crippen molar-refractivity contribution in [1.82, 2.24) is 4.90 Å². The third kappa shape index (κ3) is 3.45. The molecule has 0 radical (unpaired) electrons. The van der Waals surface area contributed by atoms with Crippen molar-refractivity contribution in [2.75, 3.05) is 19.8 Å².